The fourth-order valence-electron chi connectivity index (χ4n) is 3.52. The van der Waals surface area contributed by atoms with Gasteiger partial charge in [0.1, 0.15) is 0 Å². The van der Waals surface area contributed by atoms with Crippen molar-refractivity contribution in [2.24, 2.45) is 11.3 Å². The molecule has 5 heteroatoms. The maximum Gasteiger partial charge on any atom is 0.240 e. The zero-order chi connectivity index (χ0) is 12.9. The van der Waals surface area contributed by atoms with Crippen LogP contribution in [0, 0.1) is 18.3 Å². The van der Waals surface area contributed by atoms with Crippen LogP contribution in [0.1, 0.15) is 43.7 Å². The van der Waals surface area contributed by atoms with Gasteiger partial charge in [0, 0.05) is 6.42 Å². The average molecular weight is 259 g/mol. The summed E-state index contributed by atoms with van der Waals surface area (Å²) in [7, 11) is 0. The molecule has 2 aliphatic carbocycles. The van der Waals surface area contributed by atoms with Gasteiger partial charge in [0.25, 0.3) is 0 Å². The molecule has 0 aliphatic heterocycles. The fourth-order valence-corrected chi connectivity index (χ4v) is 3.52. The maximum atomic E-state index is 5.36. The van der Waals surface area contributed by atoms with Crippen LogP contribution in [0.15, 0.2) is 15.3 Å². The van der Waals surface area contributed by atoms with E-state index in [1.165, 1.54) is 38.5 Å². The quantitative estimate of drug-likeness (QED) is 0.847. The third-order valence-corrected chi connectivity index (χ3v) is 5.04. The molecule has 2 saturated carbocycles. The van der Waals surface area contributed by atoms with Crippen LogP contribution in [-0.2, 0) is 6.42 Å². The van der Waals surface area contributed by atoms with Crippen molar-refractivity contribution in [3.05, 3.63) is 18.0 Å². The van der Waals surface area contributed by atoms with E-state index in [0.717, 1.165) is 23.9 Å². The largest absolute Gasteiger partial charge is 0.440 e. The van der Waals surface area contributed by atoms with E-state index in [-0.39, 0.29) is 0 Å². The highest BCUT2D eigenvalue weighted by molar-refractivity contribution is 5.48. The van der Waals surface area contributed by atoms with Gasteiger partial charge in [-0.1, -0.05) is 11.6 Å². The average Bonchev–Trinajstić information content (AvgIpc) is 2.91. The zero-order valence-electron chi connectivity index (χ0n) is 11.1. The topological polar surface area (TPSA) is 65.0 Å². The molecule has 2 heterocycles. The molecule has 1 unspecified atom stereocenters. The molecule has 2 aromatic heterocycles. The first-order valence-corrected chi connectivity index (χ1v) is 7.00. The lowest BCUT2D eigenvalue weighted by Gasteiger charge is -2.56. The second-order valence-corrected chi connectivity index (χ2v) is 5.93. The molecule has 1 spiro atoms. The molecule has 0 amide bonds. The Hall–Kier alpha value is -1.65. The van der Waals surface area contributed by atoms with E-state index in [2.05, 4.69) is 15.1 Å². The third-order valence-electron chi connectivity index (χ3n) is 5.04. The summed E-state index contributed by atoms with van der Waals surface area (Å²) in [4.78, 5) is 8.50. The van der Waals surface area contributed by atoms with E-state index in [9.17, 15) is 0 Å². The minimum atomic E-state index is 0.520. The number of nitrogens with zero attached hydrogens (tertiary/aromatic N) is 3. The van der Waals surface area contributed by atoms with E-state index in [0.29, 0.717) is 17.0 Å². The molecule has 1 atom stereocenters. The van der Waals surface area contributed by atoms with Gasteiger partial charge >= 0.3 is 0 Å². The van der Waals surface area contributed by atoms with Gasteiger partial charge in [-0.2, -0.15) is 4.98 Å². The molecule has 19 heavy (non-hydrogen) atoms. The monoisotopic (exact) mass is 259 g/mol. The van der Waals surface area contributed by atoms with Crippen molar-refractivity contribution in [3.63, 3.8) is 0 Å². The van der Waals surface area contributed by atoms with E-state index >= 15 is 0 Å². The lowest BCUT2D eigenvalue weighted by Crippen LogP contribution is -2.46. The summed E-state index contributed by atoms with van der Waals surface area (Å²) >= 11 is 0. The summed E-state index contributed by atoms with van der Waals surface area (Å²) in [5.41, 5.74) is 1.42. The molecule has 5 nitrogen and oxygen atoms in total. The van der Waals surface area contributed by atoms with Crippen LogP contribution in [0.25, 0.3) is 11.6 Å². The van der Waals surface area contributed by atoms with Crippen LogP contribution in [0.2, 0.25) is 0 Å². The molecule has 2 fully saturated rings. The van der Waals surface area contributed by atoms with Crippen molar-refractivity contribution in [2.75, 3.05) is 0 Å². The van der Waals surface area contributed by atoms with Crippen LogP contribution >= 0.6 is 0 Å². The second kappa shape index (κ2) is 3.92. The highest BCUT2D eigenvalue weighted by atomic mass is 16.5. The highest BCUT2D eigenvalue weighted by Gasteiger charge is 2.50. The Labute approximate surface area is 111 Å². The van der Waals surface area contributed by atoms with Crippen molar-refractivity contribution in [2.45, 2.75) is 45.4 Å². The number of aromatic nitrogens is 3. The van der Waals surface area contributed by atoms with Gasteiger partial charge in [-0.15, -0.1) is 0 Å². The van der Waals surface area contributed by atoms with Crippen LogP contribution < -0.4 is 0 Å². The summed E-state index contributed by atoms with van der Waals surface area (Å²) in [6, 6.07) is 0. The summed E-state index contributed by atoms with van der Waals surface area (Å²) in [5.74, 6) is 2.61. The summed E-state index contributed by atoms with van der Waals surface area (Å²) in [6.07, 6.45) is 9.19. The van der Waals surface area contributed by atoms with Crippen molar-refractivity contribution in [3.8, 4) is 11.6 Å². The number of oxazole rings is 1. The van der Waals surface area contributed by atoms with Gasteiger partial charge < -0.3 is 8.94 Å². The van der Waals surface area contributed by atoms with E-state index in [1.54, 1.807) is 0 Å². The van der Waals surface area contributed by atoms with Gasteiger partial charge in [-0.3, -0.25) is 0 Å². The van der Waals surface area contributed by atoms with Gasteiger partial charge in [-0.05, 0) is 43.9 Å². The molecule has 2 aromatic rings. The Bertz CT molecular complexity index is 592. The summed E-state index contributed by atoms with van der Waals surface area (Å²) < 4.78 is 10.6. The predicted molar refractivity (Wildman–Crippen MR) is 67.2 cm³/mol. The lowest BCUT2D eigenvalue weighted by atomic mass is 9.49. The molecule has 0 radical (unpaired) electrons. The van der Waals surface area contributed by atoms with Crippen LogP contribution in [-0.4, -0.2) is 15.1 Å². The normalized spacial score (nSPS) is 24.2. The molecular formula is C14H17N3O2. The Kier molecular flexibility index (Phi) is 2.31. The van der Waals surface area contributed by atoms with Gasteiger partial charge in [0.15, 0.2) is 12.2 Å². The smallest absolute Gasteiger partial charge is 0.240 e. The molecule has 0 saturated heterocycles. The molecule has 0 bridgehead atoms. The van der Waals surface area contributed by atoms with Crippen LogP contribution in [0.3, 0.4) is 0 Å². The predicted octanol–water partition coefficient (Wildman–Crippen LogP) is 3.16. The maximum absolute atomic E-state index is 5.36. The Morgan fingerprint density at radius 1 is 1.37 bits per heavy atom. The minimum Gasteiger partial charge on any atom is -0.440 e. The number of aryl methyl sites for hydroxylation is 1. The van der Waals surface area contributed by atoms with E-state index in [1.807, 2.05) is 6.92 Å². The first-order valence-electron chi connectivity index (χ1n) is 7.00. The van der Waals surface area contributed by atoms with Crippen LogP contribution in [0.5, 0.6) is 0 Å². The summed E-state index contributed by atoms with van der Waals surface area (Å²) in [6.45, 7) is 1.88. The van der Waals surface area contributed by atoms with E-state index < -0.39 is 0 Å². The number of hydrogen-bond donors (Lipinski definition) is 0. The van der Waals surface area contributed by atoms with Gasteiger partial charge in [0.05, 0.1) is 5.69 Å². The minimum absolute atomic E-state index is 0.520. The molecule has 0 aromatic carbocycles. The first kappa shape index (κ1) is 11.2. The molecule has 2 aliphatic rings. The number of rotatable bonds is 3. The SMILES string of the molecule is Cc1ncoc1-c1noc(CC2CCC23CCC3)n1. The van der Waals surface area contributed by atoms with Gasteiger partial charge in [0.2, 0.25) is 11.7 Å². The Morgan fingerprint density at radius 3 is 2.84 bits per heavy atom. The van der Waals surface area contributed by atoms with E-state index in [4.69, 9.17) is 8.94 Å². The molecular weight excluding hydrogens is 242 g/mol. The first-order chi connectivity index (χ1) is 9.27. The molecule has 0 N–H and O–H groups in total. The third kappa shape index (κ3) is 1.64. The van der Waals surface area contributed by atoms with Gasteiger partial charge in [-0.25, -0.2) is 4.98 Å². The van der Waals surface area contributed by atoms with Crippen molar-refractivity contribution < 1.29 is 8.94 Å². The zero-order valence-corrected chi connectivity index (χ0v) is 11.1. The van der Waals surface area contributed by atoms with Crippen molar-refractivity contribution in [1.82, 2.24) is 15.1 Å². The number of hydrogen-bond acceptors (Lipinski definition) is 5. The molecule has 100 valence electrons. The Balaban J connectivity index is 1.51. The standard InChI is InChI=1S/C14H17N3O2/c1-9-12(18-8-15-9)13-16-11(19-17-13)7-10-3-6-14(10)4-2-5-14/h8,10H,2-7H2,1H3. The van der Waals surface area contributed by atoms with Crippen molar-refractivity contribution in [1.29, 1.82) is 0 Å². The molecule has 4 rings (SSSR count). The highest BCUT2D eigenvalue weighted by Crippen LogP contribution is 2.60. The van der Waals surface area contributed by atoms with Crippen LogP contribution in [0.4, 0.5) is 0 Å². The second-order valence-electron chi connectivity index (χ2n) is 5.93. The lowest BCUT2D eigenvalue weighted by molar-refractivity contribution is -0.0514. The van der Waals surface area contributed by atoms with Crippen molar-refractivity contribution >= 4 is 0 Å². The summed E-state index contributed by atoms with van der Waals surface area (Å²) in [5, 5.41) is 4.00. The fraction of sp³-hybridized carbons (Fsp3) is 0.643. The Morgan fingerprint density at radius 2 is 2.26 bits per heavy atom.